The minimum atomic E-state index is -0.926. The third-order valence-electron chi connectivity index (χ3n) is 5.83. The maximum Gasteiger partial charge on any atom is 0.262 e. The molecule has 2 N–H and O–H groups in total. The van der Waals surface area contributed by atoms with E-state index >= 15 is 0 Å². The van der Waals surface area contributed by atoms with Crippen LogP contribution in [0.25, 0.3) is 0 Å². The van der Waals surface area contributed by atoms with E-state index in [4.69, 9.17) is 0 Å². The summed E-state index contributed by atoms with van der Waals surface area (Å²) in [5.41, 5.74) is 1.61. The Balaban J connectivity index is 1.52. The van der Waals surface area contributed by atoms with Gasteiger partial charge in [-0.15, -0.1) is 0 Å². The van der Waals surface area contributed by atoms with E-state index in [0.29, 0.717) is 23.7 Å². The highest BCUT2D eigenvalue weighted by Crippen LogP contribution is 2.28. The lowest BCUT2D eigenvalue weighted by molar-refractivity contribution is -0.136. The predicted molar refractivity (Wildman–Crippen MR) is 100 cm³/mol. The second-order valence-electron chi connectivity index (χ2n) is 7.74. The number of nitrogens with zero attached hydrogens (tertiary/aromatic N) is 2. The highest BCUT2D eigenvalue weighted by molar-refractivity contribution is 6.23. The average Bonchev–Trinajstić information content (AvgIpc) is 2.93. The molecule has 2 unspecified atom stereocenters. The van der Waals surface area contributed by atoms with Crippen LogP contribution in [-0.2, 0) is 16.1 Å². The van der Waals surface area contributed by atoms with E-state index in [1.807, 2.05) is 6.07 Å². The standard InChI is InChI=1S/C20H24N4O4/c1-23(13-3-2-8-21-10-13)11-12-4-5-14-15(9-12)20(28)24(19(14)27)16-6-7-17(25)22-18(16)26/h4-5,9,13,16,21H,2-3,6-8,10-11H2,1H3,(H,22,25,26). The molecule has 4 rings (SSSR count). The van der Waals surface area contributed by atoms with Crippen molar-refractivity contribution in [1.29, 1.82) is 0 Å². The van der Waals surface area contributed by atoms with Crippen molar-refractivity contribution in [3.05, 3.63) is 34.9 Å². The number of carbonyl (C=O) groups excluding carboxylic acids is 4. The first-order valence-corrected chi connectivity index (χ1v) is 9.71. The minimum Gasteiger partial charge on any atom is -0.315 e. The van der Waals surface area contributed by atoms with E-state index < -0.39 is 23.8 Å². The highest BCUT2D eigenvalue weighted by Gasteiger charge is 2.44. The van der Waals surface area contributed by atoms with Gasteiger partial charge in [0.2, 0.25) is 11.8 Å². The fraction of sp³-hybridized carbons (Fsp3) is 0.500. The third kappa shape index (κ3) is 3.33. The van der Waals surface area contributed by atoms with Crippen molar-refractivity contribution in [2.24, 2.45) is 0 Å². The molecule has 0 aromatic heterocycles. The van der Waals surface area contributed by atoms with Crippen LogP contribution in [0.15, 0.2) is 18.2 Å². The topological polar surface area (TPSA) is 98.8 Å². The Kier molecular flexibility index (Phi) is 4.99. The summed E-state index contributed by atoms with van der Waals surface area (Å²) < 4.78 is 0. The van der Waals surface area contributed by atoms with Crippen LogP contribution >= 0.6 is 0 Å². The Morgan fingerprint density at radius 2 is 1.89 bits per heavy atom. The number of benzene rings is 1. The molecule has 0 saturated carbocycles. The van der Waals surface area contributed by atoms with Gasteiger partial charge in [-0.1, -0.05) is 6.07 Å². The van der Waals surface area contributed by atoms with Gasteiger partial charge in [-0.05, 0) is 50.6 Å². The van der Waals surface area contributed by atoms with Crippen molar-refractivity contribution in [1.82, 2.24) is 20.4 Å². The van der Waals surface area contributed by atoms with Crippen molar-refractivity contribution < 1.29 is 19.2 Å². The van der Waals surface area contributed by atoms with Gasteiger partial charge in [0.1, 0.15) is 6.04 Å². The molecular weight excluding hydrogens is 360 g/mol. The quantitative estimate of drug-likeness (QED) is 0.723. The lowest BCUT2D eigenvalue weighted by atomic mass is 10.0. The van der Waals surface area contributed by atoms with E-state index in [1.165, 1.54) is 0 Å². The Labute approximate surface area is 163 Å². The maximum atomic E-state index is 12.9. The molecule has 3 heterocycles. The molecule has 2 fully saturated rings. The summed E-state index contributed by atoms with van der Waals surface area (Å²) in [6, 6.07) is 4.81. The molecule has 8 nitrogen and oxygen atoms in total. The second-order valence-corrected chi connectivity index (χ2v) is 7.74. The van der Waals surface area contributed by atoms with Gasteiger partial charge in [-0.25, -0.2) is 0 Å². The molecule has 3 aliphatic heterocycles. The zero-order chi connectivity index (χ0) is 19.8. The first-order chi connectivity index (χ1) is 13.5. The van der Waals surface area contributed by atoms with Gasteiger partial charge in [0.05, 0.1) is 11.1 Å². The number of likely N-dealkylation sites (N-methyl/N-ethyl adjacent to an activating group) is 1. The van der Waals surface area contributed by atoms with Gasteiger partial charge in [-0.3, -0.25) is 34.3 Å². The van der Waals surface area contributed by atoms with Gasteiger partial charge in [0.15, 0.2) is 0 Å². The smallest absolute Gasteiger partial charge is 0.262 e. The van der Waals surface area contributed by atoms with Crippen LogP contribution in [0, 0.1) is 0 Å². The number of nitrogens with one attached hydrogen (secondary N) is 2. The van der Waals surface area contributed by atoms with E-state index in [1.54, 1.807) is 12.1 Å². The fourth-order valence-corrected chi connectivity index (χ4v) is 4.24. The van der Waals surface area contributed by atoms with Gasteiger partial charge < -0.3 is 5.32 Å². The number of fused-ring (bicyclic) bond motifs is 1. The molecule has 1 aromatic carbocycles. The van der Waals surface area contributed by atoms with Crippen LogP contribution in [-0.4, -0.2) is 65.6 Å². The first kappa shape index (κ1) is 18.8. The van der Waals surface area contributed by atoms with Gasteiger partial charge >= 0.3 is 0 Å². The lowest BCUT2D eigenvalue weighted by Crippen LogP contribution is -2.54. The minimum absolute atomic E-state index is 0.120. The van der Waals surface area contributed by atoms with Crippen molar-refractivity contribution in [3.63, 3.8) is 0 Å². The molecule has 0 bridgehead atoms. The fourth-order valence-electron chi connectivity index (χ4n) is 4.24. The van der Waals surface area contributed by atoms with E-state index in [-0.39, 0.29) is 18.7 Å². The number of rotatable bonds is 4. The largest absolute Gasteiger partial charge is 0.315 e. The Hall–Kier alpha value is -2.58. The zero-order valence-corrected chi connectivity index (χ0v) is 15.9. The molecule has 2 atom stereocenters. The van der Waals surface area contributed by atoms with Gasteiger partial charge in [-0.2, -0.15) is 0 Å². The molecule has 0 spiro atoms. The van der Waals surface area contributed by atoms with Crippen molar-refractivity contribution in [3.8, 4) is 0 Å². The average molecular weight is 384 g/mol. The summed E-state index contributed by atoms with van der Waals surface area (Å²) >= 11 is 0. The van der Waals surface area contributed by atoms with Crippen molar-refractivity contribution >= 4 is 23.6 Å². The molecule has 3 aliphatic rings. The SMILES string of the molecule is CN(Cc1ccc2c(c1)C(=O)N(C1CCC(=O)NC1=O)C2=O)C1CCCNC1. The normalized spacial score (nSPS) is 25.3. The van der Waals surface area contributed by atoms with Crippen LogP contribution in [0.1, 0.15) is 52.0 Å². The molecule has 28 heavy (non-hydrogen) atoms. The number of imide groups is 2. The molecule has 8 heteroatoms. The molecule has 1 aromatic rings. The maximum absolute atomic E-state index is 12.9. The number of amides is 4. The number of hydrogen-bond donors (Lipinski definition) is 2. The highest BCUT2D eigenvalue weighted by atomic mass is 16.2. The molecule has 4 amide bonds. The van der Waals surface area contributed by atoms with Crippen molar-refractivity contribution in [2.45, 2.75) is 44.3 Å². The molecule has 0 aliphatic carbocycles. The molecule has 148 valence electrons. The van der Waals surface area contributed by atoms with Crippen LogP contribution in [0.2, 0.25) is 0 Å². The summed E-state index contributed by atoms with van der Waals surface area (Å²) in [6.07, 6.45) is 2.57. The summed E-state index contributed by atoms with van der Waals surface area (Å²) in [7, 11) is 2.06. The second kappa shape index (κ2) is 7.44. The summed E-state index contributed by atoms with van der Waals surface area (Å²) in [5.74, 6) is -1.89. The Morgan fingerprint density at radius 1 is 1.11 bits per heavy atom. The predicted octanol–water partition coefficient (Wildman–Crippen LogP) is 0.272. The molecule has 2 saturated heterocycles. The van der Waals surface area contributed by atoms with Crippen LogP contribution in [0.5, 0.6) is 0 Å². The van der Waals surface area contributed by atoms with Crippen LogP contribution < -0.4 is 10.6 Å². The number of carbonyl (C=O) groups is 4. The van der Waals surface area contributed by atoms with Crippen molar-refractivity contribution in [2.75, 3.05) is 20.1 Å². The van der Waals surface area contributed by atoms with Crippen LogP contribution in [0.3, 0.4) is 0 Å². The Morgan fingerprint density at radius 3 is 2.61 bits per heavy atom. The number of hydrogen-bond acceptors (Lipinski definition) is 6. The van der Waals surface area contributed by atoms with E-state index in [9.17, 15) is 19.2 Å². The summed E-state index contributed by atoms with van der Waals surface area (Å²) in [5, 5.41) is 5.61. The van der Waals surface area contributed by atoms with E-state index in [0.717, 1.165) is 36.4 Å². The van der Waals surface area contributed by atoms with Crippen LogP contribution in [0.4, 0.5) is 0 Å². The molecular formula is C20H24N4O4. The lowest BCUT2D eigenvalue weighted by Gasteiger charge is -2.31. The monoisotopic (exact) mass is 384 g/mol. The number of piperidine rings is 2. The van der Waals surface area contributed by atoms with E-state index in [2.05, 4.69) is 22.6 Å². The Bertz CT molecular complexity index is 847. The zero-order valence-electron chi connectivity index (χ0n) is 15.9. The van der Waals surface area contributed by atoms with Gasteiger partial charge in [0, 0.05) is 25.6 Å². The molecule has 0 radical (unpaired) electrons. The third-order valence-corrected chi connectivity index (χ3v) is 5.83. The van der Waals surface area contributed by atoms with Gasteiger partial charge in [0.25, 0.3) is 11.8 Å². The first-order valence-electron chi connectivity index (χ1n) is 9.71. The summed E-state index contributed by atoms with van der Waals surface area (Å²) in [6.45, 7) is 2.68. The summed E-state index contributed by atoms with van der Waals surface area (Å²) in [4.78, 5) is 52.4.